The maximum Gasteiger partial charge on any atom is 0.268 e. The van der Waals surface area contributed by atoms with E-state index in [1.807, 2.05) is 23.6 Å². The molecule has 0 atom stereocenters. The lowest BCUT2D eigenvalue weighted by Gasteiger charge is -2.10. The Hall–Kier alpha value is -4.38. The van der Waals surface area contributed by atoms with Crippen molar-refractivity contribution in [2.24, 2.45) is 0 Å². The first kappa shape index (κ1) is 25.7. The van der Waals surface area contributed by atoms with Gasteiger partial charge in [0.25, 0.3) is 15.9 Å². The number of anilines is 3. The van der Waals surface area contributed by atoms with E-state index in [0.29, 0.717) is 16.3 Å². The van der Waals surface area contributed by atoms with Crippen LogP contribution in [-0.4, -0.2) is 30.4 Å². The molecule has 2 amide bonds. The molecule has 10 nitrogen and oxygen atoms in total. The zero-order valence-electron chi connectivity index (χ0n) is 19.1. The van der Waals surface area contributed by atoms with Gasteiger partial charge in [-0.1, -0.05) is 35.6 Å². The molecule has 0 aliphatic carbocycles. The topological polar surface area (TPSA) is 154 Å². The van der Waals surface area contributed by atoms with Crippen LogP contribution in [0.5, 0.6) is 0 Å². The molecule has 0 spiro atoms. The molecule has 0 bridgehead atoms. The Bertz CT molecular complexity index is 1620. The lowest BCUT2D eigenvalue weighted by Crippen LogP contribution is -2.14. The van der Waals surface area contributed by atoms with Crippen LogP contribution in [0.3, 0.4) is 0 Å². The van der Waals surface area contributed by atoms with Gasteiger partial charge in [-0.25, -0.2) is 8.42 Å². The van der Waals surface area contributed by atoms with Gasteiger partial charge < -0.3 is 5.32 Å². The lowest BCUT2D eigenvalue weighted by molar-refractivity contribution is -0.114. The largest absolute Gasteiger partial charge is 0.326 e. The van der Waals surface area contributed by atoms with E-state index < -0.39 is 15.9 Å². The zero-order valence-corrected chi connectivity index (χ0v) is 21.6. The van der Waals surface area contributed by atoms with Gasteiger partial charge in [0.2, 0.25) is 11.0 Å². The number of nitrogens with zero attached hydrogens (tertiary/aromatic N) is 3. The zero-order chi connectivity index (χ0) is 26.4. The fraction of sp³-hybridized carbons (Fsp3) is 0.0417. The first-order chi connectivity index (χ1) is 17.7. The summed E-state index contributed by atoms with van der Waals surface area (Å²) in [6.07, 6.45) is 1.38. The van der Waals surface area contributed by atoms with Gasteiger partial charge in [-0.2, -0.15) is 5.26 Å². The Labute approximate surface area is 220 Å². The molecule has 0 radical (unpaired) electrons. The Morgan fingerprint density at radius 3 is 2.46 bits per heavy atom. The van der Waals surface area contributed by atoms with Crippen molar-refractivity contribution >= 4 is 67.1 Å². The van der Waals surface area contributed by atoms with Crippen LogP contribution in [0.4, 0.5) is 16.5 Å². The van der Waals surface area contributed by atoms with Gasteiger partial charge in [0.15, 0.2) is 5.01 Å². The normalized spacial score (nSPS) is 11.4. The second kappa shape index (κ2) is 11.1. The Balaban J connectivity index is 1.44. The molecule has 0 fully saturated rings. The Morgan fingerprint density at radius 2 is 1.78 bits per heavy atom. The number of nitriles is 1. The van der Waals surface area contributed by atoms with Gasteiger partial charge in [-0.15, -0.1) is 21.5 Å². The molecule has 3 N–H and O–H groups in total. The molecule has 2 aromatic heterocycles. The second-order valence-corrected chi connectivity index (χ2v) is 11.1. The summed E-state index contributed by atoms with van der Waals surface area (Å²) in [7, 11) is -3.92. The van der Waals surface area contributed by atoms with Gasteiger partial charge in [0.1, 0.15) is 11.6 Å². The van der Waals surface area contributed by atoms with Gasteiger partial charge in [0, 0.05) is 18.3 Å². The van der Waals surface area contributed by atoms with Crippen molar-refractivity contribution < 1.29 is 18.0 Å². The summed E-state index contributed by atoms with van der Waals surface area (Å²) in [4.78, 5) is 24.7. The molecule has 13 heteroatoms. The number of carbonyl (C=O) groups is 2. The van der Waals surface area contributed by atoms with E-state index in [1.165, 1.54) is 66.0 Å². The first-order valence-corrected chi connectivity index (χ1v) is 13.7. The molecule has 0 unspecified atom stereocenters. The monoisotopic (exact) mass is 550 g/mol. The molecule has 0 aliphatic rings. The van der Waals surface area contributed by atoms with E-state index in [9.17, 15) is 23.3 Å². The van der Waals surface area contributed by atoms with Crippen molar-refractivity contribution in [2.75, 3.05) is 15.4 Å². The van der Waals surface area contributed by atoms with Crippen LogP contribution in [-0.2, 0) is 19.6 Å². The van der Waals surface area contributed by atoms with Crippen LogP contribution in [0.15, 0.2) is 76.5 Å². The van der Waals surface area contributed by atoms with Gasteiger partial charge in [-0.05, 0) is 53.4 Å². The second-order valence-electron chi connectivity index (χ2n) is 7.45. The average molecular weight is 551 g/mol. The van der Waals surface area contributed by atoms with Crippen LogP contribution < -0.4 is 15.4 Å². The van der Waals surface area contributed by atoms with Crippen molar-refractivity contribution in [3.05, 3.63) is 77.2 Å². The highest BCUT2D eigenvalue weighted by molar-refractivity contribution is 7.92. The fourth-order valence-electron chi connectivity index (χ4n) is 3.06. The highest BCUT2D eigenvalue weighted by Gasteiger charge is 2.16. The van der Waals surface area contributed by atoms with E-state index in [2.05, 4.69) is 25.6 Å². The number of rotatable bonds is 8. The van der Waals surface area contributed by atoms with Gasteiger partial charge >= 0.3 is 0 Å². The van der Waals surface area contributed by atoms with Crippen LogP contribution in [0, 0.1) is 11.3 Å². The predicted molar refractivity (Wildman–Crippen MR) is 143 cm³/mol. The summed E-state index contributed by atoms with van der Waals surface area (Å²) in [5.74, 6) is -0.955. The number of benzene rings is 2. The van der Waals surface area contributed by atoms with Gasteiger partial charge in [0.05, 0.1) is 9.77 Å². The van der Waals surface area contributed by atoms with Crippen molar-refractivity contribution in [1.29, 1.82) is 5.26 Å². The summed E-state index contributed by atoms with van der Waals surface area (Å²) < 4.78 is 28.0. The van der Waals surface area contributed by atoms with E-state index in [0.717, 1.165) is 4.88 Å². The molecular weight excluding hydrogens is 533 g/mol. The van der Waals surface area contributed by atoms with E-state index >= 15 is 0 Å². The molecule has 186 valence electrons. The number of amides is 2. The lowest BCUT2D eigenvalue weighted by atomic mass is 10.1. The number of nitrogens with one attached hydrogen (secondary N) is 3. The van der Waals surface area contributed by atoms with Crippen LogP contribution in [0.1, 0.15) is 12.5 Å². The first-order valence-electron chi connectivity index (χ1n) is 10.5. The summed E-state index contributed by atoms with van der Waals surface area (Å²) >= 11 is 2.70. The summed E-state index contributed by atoms with van der Waals surface area (Å²) in [5.41, 5.74) is 0.990. The smallest absolute Gasteiger partial charge is 0.268 e. The van der Waals surface area contributed by atoms with Crippen LogP contribution in [0.25, 0.3) is 16.0 Å². The summed E-state index contributed by atoms with van der Waals surface area (Å²) in [6, 6.07) is 17.6. The van der Waals surface area contributed by atoms with Crippen molar-refractivity contribution in [3.8, 4) is 16.0 Å². The molecule has 0 saturated heterocycles. The molecule has 4 aromatic rings. The third-order valence-corrected chi connectivity index (χ3v) is 7.94. The molecule has 37 heavy (non-hydrogen) atoms. The fourth-order valence-corrected chi connectivity index (χ4v) is 5.69. The molecular formula is C24H18N6O4S3. The number of carbonyl (C=O) groups excluding carboxylic acids is 2. The van der Waals surface area contributed by atoms with E-state index in [4.69, 9.17) is 0 Å². The minimum atomic E-state index is -3.92. The van der Waals surface area contributed by atoms with Crippen molar-refractivity contribution in [2.45, 2.75) is 11.8 Å². The van der Waals surface area contributed by atoms with Crippen molar-refractivity contribution in [3.63, 3.8) is 0 Å². The highest BCUT2D eigenvalue weighted by Crippen LogP contribution is 2.30. The average Bonchev–Trinajstić information content (AvgIpc) is 3.55. The number of thiophene rings is 1. The van der Waals surface area contributed by atoms with E-state index in [-0.39, 0.29) is 27.2 Å². The van der Waals surface area contributed by atoms with Crippen LogP contribution >= 0.6 is 22.7 Å². The number of sulfonamides is 1. The molecule has 2 heterocycles. The molecule has 0 saturated carbocycles. The Kier molecular flexibility index (Phi) is 7.73. The van der Waals surface area contributed by atoms with Crippen LogP contribution in [0.2, 0.25) is 0 Å². The number of hydrogen-bond acceptors (Lipinski definition) is 9. The third-order valence-electron chi connectivity index (χ3n) is 4.68. The minimum Gasteiger partial charge on any atom is -0.326 e. The highest BCUT2D eigenvalue weighted by atomic mass is 32.2. The quantitative estimate of drug-likeness (QED) is 0.214. The number of hydrogen-bond donors (Lipinski definition) is 3. The van der Waals surface area contributed by atoms with Gasteiger partial charge in [-0.3, -0.25) is 19.6 Å². The standard InChI is InChI=1S/C24H18N6O4S3/c1-15(31)26-19-4-2-5-20(13-19)37(33,34)30-18-9-7-16(8-10-18)12-17(14-25)22(32)27-24-29-28-23(36-24)21-6-3-11-35-21/h2-13,30H,1H3,(H,26,31)(H,27,29,32)/b17-12+. The SMILES string of the molecule is CC(=O)Nc1cccc(S(=O)(=O)Nc2ccc(/C=C(\C#N)C(=O)Nc3nnc(-c4cccs4)s3)cc2)c1. The third kappa shape index (κ3) is 6.64. The number of aromatic nitrogens is 2. The summed E-state index contributed by atoms with van der Waals surface area (Å²) in [5, 5.41) is 25.4. The summed E-state index contributed by atoms with van der Waals surface area (Å²) in [6.45, 7) is 1.33. The minimum absolute atomic E-state index is 0.0231. The van der Waals surface area contributed by atoms with Crippen molar-refractivity contribution in [1.82, 2.24) is 10.2 Å². The van der Waals surface area contributed by atoms with E-state index in [1.54, 1.807) is 18.2 Å². The predicted octanol–water partition coefficient (Wildman–Crippen LogP) is 4.57. The maximum absolute atomic E-state index is 12.7. The Morgan fingerprint density at radius 1 is 1.00 bits per heavy atom. The molecule has 0 aliphatic heterocycles. The molecule has 4 rings (SSSR count). The molecule has 2 aromatic carbocycles. The maximum atomic E-state index is 12.7.